The van der Waals surface area contributed by atoms with Crippen molar-refractivity contribution in [2.75, 3.05) is 7.11 Å². The first-order chi connectivity index (χ1) is 9.15. The van der Waals surface area contributed by atoms with Crippen LogP contribution in [0.5, 0.6) is 5.75 Å². The van der Waals surface area contributed by atoms with E-state index in [-0.39, 0.29) is 11.9 Å². The summed E-state index contributed by atoms with van der Waals surface area (Å²) in [5, 5.41) is 7.91. The van der Waals surface area contributed by atoms with Crippen LogP contribution in [0.4, 0.5) is 4.39 Å². The second-order valence-corrected chi connectivity index (χ2v) is 4.30. The molecular weight excluding hydrogens is 247 g/mol. The van der Waals surface area contributed by atoms with E-state index in [9.17, 15) is 4.39 Å². The molecule has 1 unspecified atom stereocenters. The summed E-state index contributed by atoms with van der Waals surface area (Å²) >= 11 is 0. The quantitative estimate of drug-likeness (QED) is 0.899. The minimum atomic E-state index is -0.388. The molecule has 1 atom stereocenters. The first-order valence-electron chi connectivity index (χ1n) is 6.17. The van der Waals surface area contributed by atoms with Crippen LogP contribution in [0.2, 0.25) is 0 Å². The number of ether oxygens (including phenoxy) is 1. The van der Waals surface area contributed by atoms with Gasteiger partial charge in [0.2, 0.25) is 0 Å². The van der Waals surface area contributed by atoms with E-state index in [1.54, 1.807) is 18.3 Å². The highest BCUT2D eigenvalue weighted by Crippen LogP contribution is 2.21. The maximum Gasteiger partial charge on any atom is 0.149 e. The lowest BCUT2D eigenvalue weighted by molar-refractivity contribution is 0.413. The Bertz CT molecular complexity index is 555. The number of hydrogen-bond acceptors (Lipinski definition) is 4. The fraction of sp³-hybridized carbons (Fsp3) is 0.385. The predicted molar refractivity (Wildman–Crippen MR) is 69.7 cm³/mol. The first-order valence-corrected chi connectivity index (χ1v) is 6.17. The maximum atomic E-state index is 13.8. The van der Waals surface area contributed by atoms with Crippen molar-refractivity contribution in [1.29, 1.82) is 0 Å². The van der Waals surface area contributed by atoms with Crippen molar-refractivity contribution in [2.45, 2.75) is 25.8 Å². The Hall–Kier alpha value is -1.95. The van der Waals surface area contributed by atoms with Gasteiger partial charge in [-0.3, -0.25) is 0 Å². The molecule has 2 rings (SSSR count). The van der Waals surface area contributed by atoms with Crippen LogP contribution in [-0.2, 0) is 0 Å². The molecule has 1 aromatic carbocycles. The molecule has 0 aliphatic carbocycles. The predicted octanol–water partition coefficient (Wildman–Crippen LogP) is 2.21. The molecule has 19 heavy (non-hydrogen) atoms. The summed E-state index contributed by atoms with van der Waals surface area (Å²) in [6, 6.07) is 4.28. The third-order valence-corrected chi connectivity index (χ3v) is 2.89. The summed E-state index contributed by atoms with van der Waals surface area (Å²) in [5.41, 5.74) is 6.91. The smallest absolute Gasteiger partial charge is 0.149 e. The lowest BCUT2D eigenvalue weighted by atomic mass is 10.1. The topological polar surface area (TPSA) is 66.0 Å². The first kappa shape index (κ1) is 13.5. The van der Waals surface area contributed by atoms with Crippen LogP contribution < -0.4 is 10.5 Å². The van der Waals surface area contributed by atoms with Crippen molar-refractivity contribution in [3.05, 3.63) is 35.9 Å². The zero-order valence-corrected chi connectivity index (χ0v) is 11.0. The van der Waals surface area contributed by atoms with Crippen molar-refractivity contribution in [2.24, 2.45) is 5.73 Å². The van der Waals surface area contributed by atoms with E-state index in [1.807, 2.05) is 6.92 Å². The molecule has 0 spiro atoms. The number of halogens is 1. The Morgan fingerprint density at radius 1 is 1.47 bits per heavy atom. The Morgan fingerprint density at radius 3 is 2.95 bits per heavy atom. The van der Waals surface area contributed by atoms with Gasteiger partial charge in [0.25, 0.3) is 0 Å². The highest BCUT2D eigenvalue weighted by Gasteiger charge is 2.13. The Kier molecular flexibility index (Phi) is 4.11. The average molecular weight is 264 g/mol. The van der Waals surface area contributed by atoms with Gasteiger partial charge in [-0.2, -0.15) is 0 Å². The number of nitrogens with two attached hydrogens (primary N) is 1. The molecule has 6 heteroatoms. The van der Waals surface area contributed by atoms with E-state index in [0.29, 0.717) is 17.1 Å². The standard InChI is InChI=1S/C13H17FN4O/c1-3-4-11(15)12-8-18(17-16-12)13-7-9(19-2)5-6-10(13)14/h5-8,11H,3-4,15H2,1-2H3. The van der Waals surface area contributed by atoms with Crippen molar-refractivity contribution < 1.29 is 9.13 Å². The molecule has 1 heterocycles. The fourth-order valence-electron chi connectivity index (χ4n) is 1.82. The van der Waals surface area contributed by atoms with Crippen molar-refractivity contribution >= 4 is 0 Å². The number of nitrogens with zero attached hydrogens (tertiary/aromatic N) is 3. The van der Waals surface area contributed by atoms with E-state index >= 15 is 0 Å². The number of aromatic nitrogens is 3. The van der Waals surface area contributed by atoms with Crippen LogP contribution in [-0.4, -0.2) is 22.1 Å². The molecule has 2 N–H and O–H groups in total. The van der Waals surface area contributed by atoms with E-state index in [1.165, 1.54) is 17.9 Å². The number of hydrogen-bond donors (Lipinski definition) is 1. The molecule has 0 fully saturated rings. The van der Waals surface area contributed by atoms with Crippen molar-refractivity contribution in [3.63, 3.8) is 0 Å². The molecule has 0 saturated heterocycles. The van der Waals surface area contributed by atoms with Gasteiger partial charge in [0, 0.05) is 6.07 Å². The highest BCUT2D eigenvalue weighted by molar-refractivity contribution is 5.40. The number of benzene rings is 1. The van der Waals surface area contributed by atoms with Gasteiger partial charge in [0.15, 0.2) is 0 Å². The van der Waals surface area contributed by atoms with Crippen LogP contribution in [0.1, 0.15) is 31.5 Å². The van der Waals surface area contributed by atoms with Gasteiger partial charge in [0.05, 0.1) is 25.0 Å². The normalized spacial score (nSPS) is 12.4. The molecule has 2 aromatic rings. The molecule has 102 valence electrons. The second kappa shape index (κ2) is 5.79. The minimum Gasteiger partial charge on any atom is -0.497 e. The molecule has 0 radical (unpaired) electrons. The van der Waals surface area contributed by atoms with Gasteiger partial charge in [-0.05, 0) is 18.6 Å². The SMILES string of the molecule is CCCC(N)c1cn(-c2cc(OC)ccc2F)nn1. The second-order valence-electron chi connectivity index (χ2n) is 4.30. The zero-order valence-electron chi connectivity index (χ0n) is 11.0. The molecule has 5 nitrogen and oxygen atoms in total. The van der Waals surface area contributed by atoms with E-state index in [0.717, 1.165) is 12.8 Å². The number of methoxy groups -OCH3 is 1. The lowest BCUT2D eigenvalue weighted by Crippen LogP contribution is -2.10. The van der Waals surface area contributed by atoms with Gasteiger partial charge >= 0.3 is 0 Å². The molecule has 0 amide bonds. The van der Waals surface area contributed by atoms with Crippen LogP contribution in [0, 0.1) is 5.82 Å². The third-order valence-electron chi connectivity index (χ3n) is 2.89. The van der Waals surface area contributed by atoms with Crippen LogP contribution in [0.15, 0.2) is 24.4 Å². The van der Waals surface area contributed by atoms with Gasteiger partial charge < -0.3 is 10.5 Å². The largest absolute Gasteiger partial charge is 0.497 e. The van der Waals surface area contributed by atoms with E-state index in [4.69, 9.17) is 10.5 Å². The Morgan fingerprint density at radius 2 is 2.26 bits per heavy atom. The summed E-state index contributed by atoms with van der Waals surface area (Å²) in [6.45, 7) is 2.05. The summed E-state index contributed by atoms with van der Waals surface area (Å²) in [5.74, 6) is 0.174. The number of rotatable bonds is 5. The summed E-state index contributed by atoms with van der Waals surface area (Å²) < 4.78 is 20.2. The van der Waals surface area contributed by atoms with Gasteiger partial charge in [-0.25, -0.2) is 9.07 Å². The van der Waals surface area contributed by atoms with E-state index < -0.39 is 0 Å². The Labute approximate surface area is 111 Å². The van der Waals surface area contributed by atoms with Crippen LogP contribution in [0.25, 0.3) is 5.69 Å². The third kappa shape index (κ3) is 2.90. The van der Waals surface area contributed by atoms with Gasteiger partial charge in [-0.1, -0.05) is 18.6 Å². The molecule has 0 aliphatic heterocycles. The molecule has 0 bridgehead atoms. The molecule has 0 aliphatic rings. The molecule has 1 aromatic heterocycles. The van der Waals surface area contributed by atoms with Crippen molar-refractivity contribution in [3.8, 4) is 11.4 Å². The Balaban J connectivity index is 2.32. The monoisotopic (exact) mass is 264 g/mol. The van der Waals surface area contributed by atoms with Gasteiger partial charge in [-0.15, -0.1) is 5.10 Å². The maximum absolute atomic E-state index is 13.8. The zero-order chi connectivity index (χ0) is 13.8. The van der Waals surface area contributed by atoms with Crippen molar-refractivity contribution in [1.82, 2.24) is 15.0 Å². The summed E-state index contributed by atoms with van der Waals surface area (Å²) in [6.07, 6.45) is 3.43. The lowest BCUT2D eigenvalue weighted by Gasteiger charge is -2.06. The average Bonchev–Trinajstić information content (AvgIpc) is 2.89. The highest BCUT2D eigenvalue weighted by atomic mass is 19.1. The molecule has 0 saturated carbocycles. The van der Waals surface area contributed by atoms with Crippen LogP contribution in [0.3, 0.4) is 0 Å². The summed E-state index contributed by atoms with van der Waals surface area (Å²) in [4.78, 5) is 0. The fourth-order valence-corrected chi connectivity index (χ4v) is 1.82. The van der Waals surface area contributed by atoms with Gasteiger partial charge in [0.1, 0.15) is 17.3 Å². The van der Waals surface area contributed by atoms with E-state index in [2.05, 4.69) is 10.3 Å². The van der Waals surface area contributed by atoms with Crippen LogP contribution >= 0.6 is 0 Å². The minimum absolute atomic E-state index is 0.174. The summed E-state index contributed by atoms with van der Waals surface area (Å²) in [7, 11) is 1.53. The molecular formula is C13H17FN4O.